The van der Waals surface area contributed by atoms with Gasteiger partial charge in [-0.2, -0.15) is 11.1 Å². The molecule has 2 N–H and O–H groups in total. The predicted molar refractivity (Wildman–Crippen MR) is 97.6 cm³/mol. The van der Waals surface area contributed by atoms with Gasteiger partial charge in [0.2, 0.25) is 0 Å². The third-order valence-corrected chi connectivity index (χ3v) is 6.74. The summed E-state index contributed by atoms with van der Waals surface area (Å²) in [5, 5.41) is 6.31. The fourth-order valence-electron chi connectivity index (χ4n) is 2.83. The smallest absolute Gasteiger partial charge is 0.161 e. The Morgan fingerprint density at radius 1 is 1.39 bits per heavy atom. The molecule has 0 aliphatic carbocycles. The van der Waals surface area contributed by atoms with Gasteiger partial charge in [0.15, 0.2) is 11.5 Å². The average Bonchev–Trinajstić information content (AvgIpc) is 2.90. The van der Waals surface area contributed by atoms with Crippen LogP contribution < -0.4 is 14.6 Å². The van der Waals surface area contributed by atoms with Crippen molar-refractivity contribution >= 4 is 20.9 Å². The first-order valence-electron chi connectivity index (χ1n) is 7.52. The molecule has 0 amide bonds. The zero-order chi connectivity index (χ0) is 17.0. The second-order valence-electron chi connectivity index (χ2n) is 5.66. The number of ether oxygens (including phenoxy) is 2. The molecule has 0 saturated heterocycles. The van der Waals surface area contributed by atoms with Crippen molar-refractivity contribution in [3.8, 4) is 11.5 Å². The fourth-order valence-corrected chi connectivity index (χ4v) is 5.72. The molecular formula is C16H25NO4S2. The van der Waals surface area contributed by atoms with Gasteiger partial charge in [0, 0.05) is 23.2 Å². The highest BCUT2D eigenvalue weighted by atomic mass is 32.2. The average molecular weight is 360 g/mol. The molecule has 5 nitrogen and oxygen atoms in total. The van der Waals surface area contributed by atoms with Gasteiger partial charge in [-0.1, -0.05) is 18.2 Å². The number of methoxy groups -OCH3 is 1. The normalized spacial score (nSPS) is 23.7. The number of thiol groups is 1. The Balaban J connectivity index is 2.42. The van der Waals surface area contributed by atoms with Crippen molar-refractivity contribution in [3.05, 3.63) is 35.9 Å². The lowest BCUT2D eigenvalue weighted by atomic mass is 9.96. The van der Waals surface area contributed by atoms with E-state index in [1.54, 1.807) is 7.11 Å². The lowest BCUT2D eigenvalue weighted by molar-refractivity contribution is 0.310. The highest BCUT2D eigenvalue weighted by molar-refractivity contribution is 8.16. The maximum Gasteiger partial charge on any atom is 0.161 e. The SMILES string of the molecule is CCOc1cc(C(CS(C)(=O)=O)[C@@H]2C=CC[SH]2N)ccc1OC. The van der Waals surface area contributed by atoms with E-state index in [2.05, 4.69) is 12.2 Å². The van der Waals surface area contributed by atoms with Crippen molar-refractivity contribution in [2.75, 3.05) is 31.5 Å². The van der Waals surface area contributed by atoms with Gasteiger partial charge < -0.3 is 9.47 Å². The molecule has 0 saturated carbocycles. The lowest BCUT2D eigenvalue weighted by Crippen LogP contribution is -2.25. The summed E-state index contributed by atoms with van der Waals surface area (Å²) >= 11 is -0.721. The molecule has 130 valence electrons. The second kappa shape index (κ2) is 7.59. The molecule has 2 rings (SSSR count). The monoisotopic (exact) mass is 359 g/mol. The molecule has 2 unspecified atom stereocenters. The summed E-state index contributed by atoms with van der Waals surface area (Å²) < 4.78 is 34.7. The maximum absolute atomic E-state index is 11.9. The molecule has 1 aliphatic rings. The zero-order valence-corrected chi connectivity index (χ0v) is 15.4. The maximum atomic E-state index is 11.9. The van der Waals surface area contributed by atoms with Crippen LogP contribution in [-0.4, -0.2) is 45.1 Å². The Hall–Kier alpha value is -1.18. The van der Waals surface area contributed by atoms with Gasteiger partial charge in [-0.15, -0.1) is 0 Å². The second-order valence-corrected chi connectivity index (χ2v) is 9.83. The van der Waals surface area contributed by atoms with Gasteiger partial charge in [-0.05, 0) is 24.6 Å². The van der Waals surface area contributed by atoms with Gasteiger partial charge in [-0.3, -0.25) is 5.14 Å². The third kappa shape index (κ3) is 4.65. The lowest BCUT2D eigenvalue weighted by Gasteiger charge is -2.28. The molecule has 0 fully saturated rings. The number of rotatable bonds is 7. The van der Waals surface area contributed by atoms with E-state index in [0.717, 1.165) is 11.3 Å². The van der Waals surface area contributed by atoms with Crippen molar-refractivity contribution in [1.82, 2.24) is 0 Å². The summed E-state index contributed by atoms with van der Waals surface area (Å²) in [6, 6.07) is 5.62. The Bertz CT molecular complexity index is 673. The van der Waals surface area contributed by atoms with Crippen LogP contribution in [0.5, 0.6) is 11.5 Å². The molecule has 1 aliphatic heterocycles. The van der Waals surface area contributed by atoms with E-state index in [0.29, 0.717) is 18.1 Å². The van der Waals surface area contributed by atoms with Crippen LogP contribution in [0.25, 0.3) is 0 Å². The third-order valence-electron chi connectivity index (χ3n) is 3.84. The minimum Gasteiger partial charge on any atom is -0.493 e. The van der Waals surface area contributed by atoms with Crippen LogP contribution in [0, 0.1) is 0 Å². The number of hydrogen-bond acceptors (Lipinski definition) is 5. The van der Waals surface area contributed by atoms with Crippen molar-refractivity contribution < 1.29 is 17.9 Å². The molecule has 1 aromatic carbocycles. The fraction of sp³-hybridized carbons (Fsp3) is 0.500. The summed E-state index contributed by atoms with van der Waals surface area (Å²) in [7, 11) is -1.54. The van der Waals surface area contributed by atoms with E-state index < -0.39 is 20.9 Å². The van der Waals surface area contributed by atoms with Gasteiger partial charge in [0.05, 0.1) is 19.5 Å². The molecule has 1 heterocycles. The standard InChI is InChI=1S/C16H25NO4S2/c1-4-21-15-10-12(7-8-14(15)20-2)13(11-23(3,18)19)16-6-5-9-22(16)17/h5-8,10,13,16,22H,4,9,11,17H2,1-3H3/t13?,16-/m0/s1. The van der Waals surface area contributed by atoms with Crippen molar-refractivity contribution in [2.45, 2.75) is 18.1 Å². The summed E-state index contributed by atoms with van der Waals surface area (Å²) in [6.07, 6.45) is 5.38. The number of nitrogens with two attached hydrogens (primary N) is 1. The summed E-state index contributed by atoms with van der Waals surface area (Å²) in [5.41, 5.74) is 0.925. The Morgan fingerprint density at radius 2 is 2.13 bits per heavy atom. The largest absolute Gasteiger partial charge is 0.493 e. The Labute approximate surface area is 141 Å². The molecule has 0 spiro atoms. The van der Waals surface area contributed by atoms with Gasteiger partial charge in [0.1, 0.15) is 9.84 Å². The van der Waals surface area contributed by atoms with Crippen molar-refractivity contribution in [2.24, 2.45) is 5.14 Å². The highest BCUT2D eigenvalue weighted by Gasteiger charge is 2.30. The summed E-state index contributed by atoms with van der Waals surface area (Å²) in [5.74, 6) is 2.04. The minimum atomic E-state index is -3.12. The van der Waals surface area contributed by atoms with E-state index in [1.807, 2.05) is 25.1 Å². The Kier molecular flexibility index (Phi) is 6.00. The van der Waals surface area contributed by atoms with Crippen LogP contribution in [0.1, 0.15) is 18.4 Å². The molecular weight excluding hydrogens is 334 g/mol. The van der Waals surface area contributed by atoms with Crippen LogP contribution in [0.4, 0.5) is 0 Å². The molecule has 0 radical (unpaired) electrons. The van der Waals surface area contributed by atoms with Crippen LogP contribution in [0.2, 0.25) is 0 Å². The van der Waals surface area contributed by atoms with E-state index >= 15 is 0 Å². The molecule has 3 atom stereocenters. The molecule has 1 aromatic rings. The Morgan fingerprint density at radius 3 is 2.65 bits per heavy atom. The molecule has 7 heteroatoms. The molecule has 23 heavy (non-hydrogen) atoms. The van der Waals surface area contributed by atoms with E-state index in [9.17, 15) is 8.42 Å². The number of benzene rings is 1. The highest BCUT2D eigenvalue weighted by Crippen LogP contribution is 2.42. The van der Waals surface area contributed by atoms with Crippen molar-refractivity contribution in [1.29, 1.82) is 0 Å². The number of sulfone groups is 1. The predicted octanol–water partition coefficient (Wildman–Crippen LogP) is 2.04. The van der Waals surface area contributed by atoms with Crippen molar-refractivity contribution in [3.63, 3.8) is 0 Å². The zero-order valence-electron chi connectivity index (χ0n) is 13.7. The van der Waals surface area contributed by atoms with Crippen LogP contribution in [0.3, 0.4) is 0 Å². The topological polar surface area (TPSA) is 78.6 Å². The van der Waals surface area contributed by atoms with Gasteiger partial charge >= 0.3 is 0 Å². The number of hydrogen-bond donors (Lipinski definition) is 2. The van der Waals surface area contributed by atoms with Crippen LogP contribution in [0.15, 0.2) is 30.4 Å². The first-order chi connectivity index (χ1) is 10.9. The van der Waals surface area contributed by atoms with E-state index in [-0.39, 0.29) is 16.9 Å². The van der Waals surface area contributed by atoms with E-state index in [1.165, 1.54) is 6.26 Å². The first-order valence-corrected chi connectivity index (χ1v) is 11.2. The van der Waals surface area contributed by atoms with Gasteiger partial charge in [-0.25, -0.2) is 8.42 Å². The quantitative estimate of drug-likeness (QED) is 0.575. The van der Waals surface area contributed by atoms with Gasteiger partial charge in [0.25, 0.3) is 0 Å². The molecule has 0 aromatic heterocycles. The van der Waals surface area contributed by atoms with E-state index in [4.69, 9.17) is 14.6 Å². The molecule has 0 bridgehead atoms. The summed E-state index contributed by atoms with van der Waals surface area (Å²) in [6.45, 7) is 2.42. The van der Waals surface area contributed by atoms with Crippen LogP contribution in [-0.2, 0) is 9.84 Å². The van der Waals surface area contributed by atoms with Crippen LogP contribution >= 0.6 is 11.1 Å². The summed E-state index contributed by atoms with van der Waals surface area (Å²) in [4.78, 5) is 0. The minimum absolute atomic E-state index is 0.0718. The first kappa shape index (κ1) is 18.2.